The zero-order valence-electron chi connectivity index (χ0n) is 10.3. The SMILES string of the molecule is CCNC(c1cscc1Br)c1cccc(C)c1I. The van der Waals surface area contributed by atoms with Crippen LogP contribution >= 0.6 is 49.9 Å². The molecule has 1 aromatic carbocycles. The molecule has 1 nitrogen and oxygen atoms in total. The number of benzene rings is 1. The van der Waals surface area contributed by atoms with E-state index in [4.69, 9.17) is 0 Å². The second-order valence-corrected chi connectivity index (χ2v) is 6.82. The third-order valence-corrected chi connectivity index (χ3v) is 6.12. The second-order valence-electron chi connectivity index (χ2n) is 4.14. The molecule has 0 amide bonds. The molecule has 0 bridgehead atoms. The monoisotopic (exact) mass is 435 g/mol. The molecule has 0 aliphatic carbocycles. The van der Waals surface area contributed by atoms with E-state index in [0.29, 0.717) is 0 Å². The van der Waals surface area contributed by atoms with Crippen LogP contribution in [0.5, 0.6) is 0 Å². The van der Waals surface area contributed by atoms with Crippen molar-refractivity contribution in [3.8, 4) is 0 Å². The fourth-order valence-corrected chi connectivity index (χ4v) is 4.20. The highest BCUT2D eigenvalue weighted by atomic mass is 127. The molecule has 18 heavy (non-hydrogen) atoms. The van der Waals surface area contributed by atoms with Gasteiger partial charge in [-0.3, -0.25) is 0 Å². The van der Waals surface area contributed by atoms with Crippen molar-refractivity contribution in [2.75, 3.05) is 6.54 Å². The van der Waals surface area contributed by atoms with Crippen LogP contribution in [-0.4, -0.2) is 6.54 Å². The Morgan fingerprint density at radius 3 is 2.72 bits per heavy atom. The average molecular weight is 436 g/mol. The van der Waals surface area contributed by atoms with Crippen LogP contribution in [0.4, 0.5) is 0 Å². The van der Waals surface area contributed by atoms with Crippen LogP contribution in [-0.2, 0) is 0 Å². The van der Waals surface area contributed by atoms with Crippen molar-refractivity contribution in [3.05, 3.63) is 53.7 Å². The number of hydrogen-bond acceptors (Lipinski definition) is 2. The van der Waals surface area contributed by atoms with Gasteiger partial charge in [0.15, 0.2) is 0 Å². The van der Waals surface area contributed by atoms with Gasteiger partial charge in [-0.15, -0.1) is 0 Å². The fourth-order valence-electron chi connectivity index (χ4n) is 1.98. The number of thiophene rings is 1. The summed E-state index contributed by atoms with van der Waals surface area (Å²) < 4.78 is 2.54. The highest BCUT2D eigenvalue weighted by Gasteiger charge is 2.19. The largest absolute Gasteiger partial charge is 0.306 e. The summed E-state index contributed by atoms with van der Waals surface area (Å²) in [6, 6.07) is 6.78. The van der Waals surface area contributed by atoms with E-state index in [0.717, 1.165) is 6.54 Å². The molecule has 1 atom stereocenters. The van der Waals surface area contributed by atoms with Gasteiger partial charge in [-0.2, -0.15) is 11.3 Å². The third-order valence-electron chi connectivity index (χ3n) is 2.89. The molecule has 0 fully saturated rings. The Labute approximate surface area is 134 Å². The van der Waals surface area contributed by atoms with Gasteiger partial charge in [0.1, 0.15) is 0 Å². The number of hydrogen-bond donors (Lipinski definition) is 1. The maximum atomic E-state index is 3.65. The summed E-state index contributed by atoms with van der Waals surface area (Å²) in [5.74, 6) is 0. The van der Waals surface area contributed by atoms with Gasteiger partial charge in [0.05, 0.1) is 6.04 Å². The Bertz CT molecular complexity index is 538. The molecule has 0 aliphatic rings. The van der Waals surface area contributed by atoms with Gasteiger partial charge in [-0.25, -0.2) is 0 Å². The predicted molar refractivity (Wildman–Crippen MR) is 91.4 cm³/mol. The molecule has 0 saturated carbocycles. The van der Waals surface area contributed by atoms with Gasteiger partial charge in [0.2, 0.25) is 0 Å². The Hall–Kier alpha value is 0.0900. The summed E-state index contributed by atoms with van der Waals surface area (Å²) in [5.41, 5.74) is 4.02. The highest BCUT2D eigenvalue weighted by Crippen LogP contribution is 2.34. The van der Waals surface area contributed by atoms with E-state index in [-0.39, 0.29) is 6.04 Å². The first-order chi connectivity index (χ1) is 8.65. The van der Waals surface area contributed by atoms with Gasteiger partial charge in [-0.05, 0) is 74.1 Å². The van der Waals surface area contributed by atoms with Crippen LogP contribution in [0.2, 0.25) is 0 Å². The fraction of sp³-hybridized carbons (Fsp3) is 0.286. The van der Waals surface area contributed by atoms with E-state index < -0.39 is 0 Å². The normalized spacial score (nSPS) is 12.7. The van der Waals surface area contributed by atoms with Crippen molar-refractivity contribution in [1.82, 2.24) is 5.32 Å². The standard InChI is InChI=1S/C14H15BrINS/c1-3-17-14(11-7-18-8-12(11)15)10-6-4-5-9(2)13(10)16/h4-8,14,17H,3H2,1-2H3. The molecular formula is C14H15BrINS. The van der Waals surface area contributed by atoms with Crippen LogP contribution in [0.25, 0.3) is 0 Å². The summed E-state index contributed by atoms with van der Waals surface area (Å²) in [7, 11) is 0. The molecule has 0 radical (unpaired) electrons. The molecule has 1 unspecified atom stereocenters. The third kappa shape index (κ3) is 2.98. The quantitative estimate of drug-likeness (QED) is 0.657. The average Bonchev–Trinajstić information content (AvgIpc) is 2.76. The zero-order valence-corrected chi connectivity index (χ0v) is 14.9. The van der Waals surface area contributed by atoms with Crippen LogP contribution in [0.1, 0.15) is 29.7 Å². The van der Waals surface area contributed by atoms with Crippen molar-refractivity contribution in [3.63, 3.8) is 0 Å². The smallest absolute Gasteiger partial charge is 0.0606 e. The Morgan fingerprint density at radius 1 is 1.33 bits per heavy atom. The van der Waals surface area contributed by atoms with E-state index >= 15 is 0 Å². The first-order valence-electron chi connectivity index (χ1n) is 5.85. The number of aryl methyl sites for hydroxylation is 1. The molecule has 0 saturated heterocycles. The van der Waals surface area contributed by atoms with Crippen molar-refractivity contribution < 1.29 is 0 Å². The molecule has 1 heterocycles. The summed E-state index contributed by atoms with van der Waals surface area (Å²) in [6.45, 7) is 5.27. The molecule has 1 aromatic heterocycles. The molecule has 1 N–H and O–H groups in total. The maximum Gasteiger partial charge on any atom is 0.0606 e. The van der Waals surface area contributed by atoms with E-state index in [9.17, 15) is 0 Å². The topological polar surface area (TPSA) is 12.0 Å². The minimum Gasteiger partial charge on any atom is -0.306 e. The van der Waals surface area contributed by atoms with E-state index in [2.05, 4.69) is 86.6 Å². The van der Waals surface area contributed by atoms with Gasteiger partial charge in [0.25, 0.3) is 0 Å². The Kier molecular flexibility index (Phi) is 5.24. The molecule has 2 rings (SSSR count). The van der Waals surface area contributed by atoms with Crippen molar-refractivity contribution in [2.24, 2.45) is 0 Å². The number of nitrogens with one attached hydrogen (secondary N) is 1. The molecule has 2 aromatic rings. The zero-order chi connectivity index (χ0) is 13.1. The van der Waals surface area contributed by atoms with Gasteiger partial charge in [-0.1, -0.05) is 25.1 Å². The van der Waals surface area contributed by atoms with Gasteiger partial charge >= 0.3 is 0 Å². The van der Waals surface area contributed by atoms with Gasteiger partial charge < -0.3 is 5.32 Å². The molecule has 4 heteroatoms. The first kappa shape index (κ1) is 14.5. The van der Waals surface area contributed by atoms with E-state index in [1.165, 1.54) is 24.7 Å². The summed E-state index contributed by atoms with van der Waals surface area (Å²) >= 11 is 7.83. The van der Waals surface area contributed by atoms with Crippen LogP contribution in [0, 0.1) is 10.5 Å². The number of halogens is 2. The van der Waals surface area contributed by atoms with E-state index in [1.54, 1.807) is 11.3 Å². The van der Waals surface area contributed by atoms with Crippen LogP contribution < -0.4 is 5.32 Å². The van der Waals surface area contributed by atoms with Crippen molar-refractivity contribution in [2.45, 2.75) is 19.9 Å². The van der Waals surface area contributed by atoms with Crippen LogP contribution in [0.15, 0.2) is 33.4 Å². The van der Waals surface area contributed by atoms with Gasteiger partial charge in [0, 0.05) is 13.4 Å². The minimum atomic E-state index is 0.266. The lowest BCUT2D eigenvalue weighted by molar-refractivity contribution is 0.627. The molecule has 0 aliphatic heterocycles. The summed E-state index contributed by atoms with van der Waals surface area (Å²) in [6.07, 6.45) is 0. The summed E-state index contributed by atoms with van der Waals surface area (Å²) in [4.78, 5) is 0. The Morgan fingerprint density at radius 2 is 2.11 bits per heavy atom. The van der Waals surface area contributed by atoms with Crippen LogP contribution in [0.3, 0.4) is 0 Å². The minimum absolute atomic E-state index is 0.266. The van der Waals surface area contributed by atoms with Crippen molar-refractivity contribution in [1.29, 1.82) is 0 Å². The molecule has 96 valence electrons. The molecule has 0 spiro atoms. The maximum absolute atomic E-state index is 3.65. The van der Waals surface area contributed by atoms with E-state index in [1.807, 2.05) is 0 Å². The highest BCUT2D eigenvalue weighted by molar-refractivity contribution is 14.1. The first-order valence-corrected chi connectivity index (χ1v) is 8.66. The number of rotatable bonds is 4. The predicted octanol–water partition coefficient (Wildman–Crippen LogP) is 5.12. The lowest BCUT2D eigenvalue weighted by Gasteiger charge is -2.20. The Balaban J connectivity index is 2.48. The molecular weight excluding hydrogens is 421 g/mol. The summed E-state index contributed by atoms with van der Waals surface area (Å²) in [5, 5.41) is 7.94. The lowest BCUT2D eigenvalue weighted by atomic mass is 9.99. The lowest BCUT2D eigenvalue weighted by Crippen LogP contribution is -2.23. The van der Waals surface area contributed by atoms with Crippen molar-refractivity contribution >= 4 is 49.9 Å². The second kappa shape index (κ2) is 6.50.